The molecule has 0 radical (unpaired) electrons. The summed E-state index contributed by atoms with van der Waals surface area (Å²) >= 11 is 5.94. The first kappa shape index (κ1) is 18.7. The maximum absolute atomic E-state index is 12.4. The molecule has 0 spiro atoms. The molecule has 0 unspecified atom stereocenters. The Morgan fingerprint density at radius 2 is 2.08 bits per heavy atom. The number of nitrogens with zero attached hydrogens (tertiary/aromatic N) is 1. The minimum atomic E-state index is 0.0194. The van der Waals surface area contributed by atoms with Crippen molar-refractivity contribution < 1.29 is 14.6 Å². The van der Waals surface area contributed by atoms with Crippen LogP contribution in [0, 0.1) is 12.8 Å². The number of ether oxygens (including phenoxy) is 1. The van der Waals surface area contributed by atoms with E-state index in [1.165, 1.54) is 5.56 Å². The minimum Gasteiger partial charge on any atom is -0.483 e. The van der Waals surface area contributed by atoms with E-state index in [9.17, 15) is 9.90 Å². The van der Waals surface area contributed by atoms with Gasteiger partial charge in [-0.2, -0.15) is 0 Å². The van der Waals surface area contributed by atoms with Gasteiger partial charge in [0.2, 0.25) is 0 Å². The Morgan fingerprint density at radius 1 is 1.27 bits per heavy atom. The number of hydrogen-bond acceptors (Lipinski definition) is 3. The molecule has 2 aromatic carbocycles. The predicted molar refractivity (Wildman–Crippen MR) is 102 cm³/mol. The molecule has 1 aliphatic heterocycles. The van der Waals surface area contributed by atoms with Gasteiger partial charge < -0.3 is 14.7 Å². The van der Waals surface area contributed by atoms with E-state index < -0.39 is 0 Å². The van der Waals surface area contributed by atoms with E-state index in [4.69, 9.17) is 16.3 Å². The molecule has 0 aromatic heterocycles. The van der Waals surface area contributed by atoms with Crippen LogP contribution in [0.2, 0.25) is 5.02 Å². The second-order valence-corrected chi connectivity index (χ2v) is 7.31. The molecule has 1 amide bonds. The largest absolute Gasteiger partial charge is 0.483 e. The highest BCUT2D eigenvalue weighted by molar-refractivity contribution is 6.30. The van der Waals surface area contributed by atoms with E-state index in [2.05, 4.69) is 6.07 Å². The zero-order chi connectivity index (χ0) is 18.5. The summed E-state index contributed by atoms with van der Waals surface area (Å²) in [5.74, 6) is 1.16. The van der Waals surface area contributed by atoms with Crippen LogP contribution in [-0.4, -0.2) is 35.6 Å². The normalized spacial score (nSPS) is 16.7. The second-order valence-electron chi connectivity index (χ2n) is 6.88. The molecule has 4 nitrogen and oxygen atoms in total. The fourth-order valence-corrected chi connectivity index (χ4v) is 3.65. The molecule has 5 heteroatoms. The Balaban J connectivity index is 1.50. The summed E-state index contributed by atoms with van der Waals surface area (Å²) < 4.78 is 5.67. The smallest absolute Gasteiger partial charge is 0.260 e. The number of amides is 1. The van der Waals surface area contributed by atoms with E-state index in [0.29, 0.717) is 16.7 Å². The summed E-state index contributed by atoms with van der Waals surface area (Å²) in [4.78, 5) is 14.3. The number of aliphatic hydroxyl groups excluding tert-OH is 1. The molecule has 1 N–H and O–H groups in total. The third-order valence-corrected chi connectivity index (χ3v) is 5.06. The van der Waals surface area contributed by atoms with Crippen molar-refractivity contribution in [2.75, 3.05) is 19.7 Å². The molecule has 3 rings (SSSR count). The highest BCUT2D eigenvalue weighted by Crippen LogP contribution is 2.24. The molecule has 1 heterocycles. The summed E-state index contributed by atoms with van der Waals surface area (Å²) in [5.41, 5.74) is 3.07. The first-order valence-corrected chi connectivity index (χ1v) is 9.28. The average molecular weight is 374 g/mol. The van der Waals surface area contributed by atoms with Crippen LogP contribution >= 0.6 is 11.6 Å². The number of aryl methyl sites for hydroxylation is 1. The number of rotatable bonds is 6. The maximum atomic E-state index is 12.4. The predicted octanol–water partition coefficient (Wildman–Crippen LogP) is 3.61. The van der Waals surface area contributed by atoms with Crippen molar-refractivity contribution in [1.29, 1.82) is 0 Å². The number of aliphatic hydroxyl groups is 1. The van der Waals surface area contributed by atoms with Crippen LogP contribution in [0.4, 0.5) is 0 Å². The topological polar surface area (TPSA) is 49.8 Å². The fraction of sp³-hybridized carbons (Fsp3) is 0.381. The Morgan fingerprint density at radius 3 is 2.85 bits per heavy atom. The van der Waals surface area contributed by atoms with Gasteiger partial charge in [0, 0.05) is 18.1 Å². The Bertz CT molecular complexity index is 778. The van der Waals surface area contributed by atoms with Gasteiger partial charge in [-0.25, -0.2) is 0 Å². The number of carbonyl (C=O) groups is 1. The van der Waals surface area contributed by atoms with Crippen LogP contribution in [0.3, 0.4) is 0 Å². The molecule has 2 aromatic rings. The van der Waals surface area contributed by atoms with Gasteiger partial charge >= 0.3 is 0 Å². The molecule has 0 aliphatic carbocycles. The molecule has 26 heavy (non-hydrogen) atoms. The van der Waals surface area contributed by atoms with Crippen LogP contribution < -0.4 is 4.74 Å². The summed E-state index contributed by atoms with van der Waals surface area (Å²) in [6, 6.07) is 13.4. The zero-order valence-electron chi connectivity index (χ0n) is 15.0. The Labute approximate surface area is 159 Å². The van der Waals surface area contributed by atoms with Gasteiger partial charge in [-0.05, 0) is 60.6 Å². The Kier molecular flexibility index (Phi) is 6.17. The Hall–Kier alpha value is -2.04. The number of hydrogen-bond donors (Lipinski definition) is 1. The average Bonchev–Trinajstić information content (AvgIpc) is 3.09. The van der Waals surface area contributed by atoms with Gasteiger partial charge in [0.1, 0.15) is 5.75 Å². The number of carbonyl (C=O) groups excluding carboxylic acids is 1. The van der Waals surface area contributed by atoms with E-state index in [-0.39, 0.29) is 19.1 Å². The van der Waals surface area contributed by atoms with Gasteiger partial charge in [-0.3, -0.25) is 4.79 Å². The highest BCUT2D eigenvalue weighted by Gasteiger charge is 2.26. The van der Waals surface area contributed by atoms with Crippen molar-refractivity contribution in [3.63, 3.8) is 0 Å². The van der Waals surface area contributed by atoms with E-state index in [1.807, 2.05) is 36.1 Å². The minimum absolute atomic E-state index is 0.0194. The molecule has 1 aliphatic rings. The lowest BCUT2D eigenvalue weighted by Gasteiger charge is -2.17. The van der Waals surface area contributed by atoms with Gasteiger partial charge in [-0.1, -0.05) is 35.9 Å². The fourth-order valence-electron chi connectivity index (χ4n) is 3.42. The highest BCUT2D eigenvalue weighted by atomic mass is 35.5. The quantitative estimate of drug-likeness (QED) is 0.841. The maximum Gasteiger partial charge on any atom is 0.260 e. The van der Waals surface area contributed by atoms with E-state index >= 15 is 0 Å². The van der Waals surface area contributed by atoms with Crippen LogP contribution in [0.5, 0.6) is 5.75 Å². The number of likely N-dealkylation sites (tertiary alicyclic amines) is 1. The zero-order valence-corrected chi connectivity index (χ0v) is 15.7. The summed E-state index contributed by atoms with van der Waals surface area (Å²) in [5, 5.41) is 9.91. The van der Waals surface area contributed by atoms with Crippen LogP contribution in [0.15, 0.2) is 42.5 Å². The third kappa shape index (κ3) is 4.77. The van der Waals surface area contributed by atoms with Crippen LogP contribution in [-0.2, 0) is 17.8 Å². The molecule has 1 fully saturated rings. The first-order chi connectivity index (χ1) is 12.5. The van der Waals surface area contributed by atoms with Crippen molar-refractivity contribution in [2.45, 2.75) is 26.4 Å². The van der Waals surface area contributed by atoms with Crippen molar-refractivity contribution in [3.05, 3.63) is 64.2 Å². The van der Waals surface area contributed by atoms with Crippen molar-refractivity contribution >= 4 is 17.5 Å². The molecule has 1 saturated heterocycles. The second kappa shape index (κ2) is 8.56. The lowest BCUT2D eigenvalue weighted by molar-refractivity contribution is -0.132. The van der Waals surface area contributed by atoms with Crippen molar-refractivity contribution in [1.82, 2.24) is 4.90 Å². The van der Waals surface area contributed by atoms with Crippen molar-refractivity contribution in [2.24, 2.45) is 5.92 Å². The SMILES string of the molecule is Cc1cc(Cl)ccc1OCC(=O)N1CC[C@H](Cc2cccc(CO)c2)C1. The van der Waals surface area contributed by atoms with E-state index in [0.717, 1.165) is 37.1 Å². The van der Waals surface area contributed by atoms with Gasteiger partial charge in [-0.15, -0.1) is 0 Å². The van der Waals surface area contributed by atoms with Crippen LogP contribution in [0.25, 0.3) is 0 Å². The van der Waals surface area contributed by atoms with Crippen molar-refractivity contribution in [3.8, 4) is 5.75 Å². The summed E-state index contributed by atoms with van der Waals surface area (Å²) in [6.07, 6.45) is 1.92. The monoisotopic (exact) mass is 373 g/mol. The molecular weight excluding hydrogens is 350 g/mol. The summed E-state index contributed by atoms with van der Waals surface area (Å²) in [7, 11) is 0. The number of benzene rings is 2. The standard InChI is InChI=1S/C21H24ClNO3/c1-15-9-19(22)5-6-20(15)26-14-21(25)23-8-7-17(12-23)10-16-3-2-4-18(11-16)13-24/h2-6,9,11,17,24H,7-8,10,12-14H2,1H3/t17-/m1/s1. The molecule has 138 valence electrons. The van der Waals surface area contributed by atoms with Gasteiger partial charge in [0.05, 0.1) is 6.61 Å². The summed E-state index contributed by atoms with van der Waals surface area (Å²) in [6.45, 7) is 3.55. The molecular formula is C21H24ClNO3. The van der Waals surface area contributed by atoms with Gasteiger partial charge in [0.25, 0.3) is 5.91 Å². The molecule has 0 bridgehead atoms. The van der Waals surface area contributed by atoms with Gasteiger partial charge in [0.15, 0.2) is 6.61 Å². The van der Waals surface area contributed by atoms with E-state index in [1.54, 1.807) is 12.1 Å². The first-order valence-electron chi connectivity index (χ1n) is 8.90. The van der Waals surface area contributed by atoms with Crippen LogP contribution in [0.1, 0.15) is 23.1 Å². The molecule has 0 saturated carbocycles. The molecule has 1 atom stereocenters. The lowest BCUT2D eigenvalue weighted by Crippen LogP contribution is -2.33. The third-order valence-electron chi connectivity index (χ3n) is 4.83. The number of halogens is 1. The lowest BCUT2D eigenvalue weighted by atomic mass is 9.97.